The van der Waals surface area contributed by atoms with Crippen molar-refractivity contribution in [3.05, 3.63) is 83.2 Å². The van der Waals surface area contributed by atoms with E-state index in [2.05, 4.69) is 26.0 Å². The van der Waals surface area contributed by atoms with Crippen LogP contribution in [-0.2, 0) is 19.4 Å². The fourth-order valence-corrected chi connectivity index (χ4v) is 3.80. The highest BCUT2D eigenvalue weighted by Crippen LogP contribution is 2.29. The Bertz CT molecular complexity index is 929. The van der Waals surface area contributed by atoms with E-state index in [1.165, 1.54) is 5.69 Å². The molecule has 0 aliphatic heterocycles. The molecule has 0 radical (unpaired) electrons. The zero-order valence-corrected chi connectivity index (χ0v) is 15.9. The minimum absolute atomic E-state index is 0.0293. The molecule has 0 N–H and O–H groups in total. The Morgan fingerprint density at radius 3 is 2.37 bits per heavy atom. The Morgan fingerprint density at radius 2 is 1.70 bits per heavy atom. The number of amides is 1. The first-order chi connectivity index (χ1) is 13.1. The van der Waals surface area contributed by atoms with Crippen molar-refractivity contribution in [3.63, 3.8) is 0 Å². The highest BCUT2D eigenvalue weighted by molar-refractivity contribution is 5.94. The summed E-state index contributed by atoms with van der Waals surface area (Å²) in [6.45, 7) is 4.73. The lowest BCUT2D eigenvalue weighted by Gasteiger charge is -2.26. The molecule has 4 nitrogen and oxygen atoms in total. The third-order valence-corrected chi connectivity index (χ3v) is 5.21. The Balaban J connectivity index is 1.70. The van der Waals surface area contributed by atoms with Gasteiger partial charge in [-0.1, -0.05) is 48.5 Å². The SMILES string of the molecule is CC(C)N(Cc1ccccc1)C(=O)c1nn(-c2ccccc2)c2c1CCC2. The largest absolute Gasteiger partial charge is 0.330 e. The molecule has 2 aromatic carbocycles. The van der Waals surface area contributed by atoms with Crippen LogP contribution in [0.5, 0.6) is 0 Å². The lowest BCUT2D eigenvalue weighted by Crippen LogP contribution is -2.37. The van der Waals surface area contributed by atoms with Gasteiger partial charge in [-0.15, -0.1) is 0 Å². The van der Waals surface area contributed by atoms with Crippen LogP contribution in [0.3, 0.4) is 0 Å². The Morgan fingerprint density at radius 1 is 1.04 bits per heavy atom. The molecule has 27 heavy (non-hydrogen) atoms. The molecule has 1 aliphatic carbocycles. The minimum atomic E-state index is 0.0293. The summed E-state index contributed by atoms with van der Waals surface area (Å²) in [4.78, 5) is 15.4. The van der Waals surface area contributed by atoms with Crippen LogP contribution < -0.4 is 0 Å². The first-order valence-corrected chi connectivity index (χ1v) is 9.66. The van der Waals surface area contributed by atoms with Gasteiger partial charge >= 0.3 is 0 Å². The fourth-order valence-electron chi connectivity index (χ4n) is 3.80. The van der Waals surface area contributed by atoms with E-state index in [1.54, 1.807) is 0 Å². The van der Waals surface area contributed by atoms with Crippen LogP contribution in [0.1, 0.15) is 47.6 Å². The molecule has 0 saturated heterocycles. The molecule has 138 valence electrons. The summed E-state index contributed by atoms with van der Waals surface area (Å²) < 4.78 is 1.97. The van der Waals surface area contributed by atoms with E-state index in [9.17, 15) is 4.79 Å². The number of benzene rings is 2. The molecule has 0 unspecified atom stereocenters. The number of para-hydroxylation sites is 1. The Labute approximate surface area is 160 Å². The van der Waals surface area contributed by atoms with E-state index < -0.39 is 0 Å². The summed E-state index contributed by atoms with van der Waals surface area (Å²) in [7, 11) is 0. The lowest BCUT2D eigenvalue weighted by atomic mass is 10.1. The molecule has 0 fully saturated rings. The van der Waals surface area contributed by atoms with Crippen molar-refractivity contribution in [2.45, 2.75) is 45.7 Å². The van der Waals surface area contributed by atoms with Crippen molar-refractivity contribution in [3.8, 4) is 5.69 Å². The molecule has 0 atom stereocenters. The number of carbonyl (C=O) groups excluding carboxylic acids is 1. The first kappa shape index (κ1) is 17.5. The summed E-state index contributed by atoms with van der Waals surface area (Å²) in [6, 6.07) is 20.4. The van der Waals surface area contributed by atoms with Gasteiger partial charge in [0.15, 0.2) is 5.69 Å². The number of carbonyl (C=O) groups is 1. The van der Waals surface area contributed by atoms with E-state index in [4.69, 9.17) is 5.10 Å². The first-order valence-electron chi connectivity index (χ1n) is 9.66. The second kappa shape index (κ2) is 7.39. The molecular weight excluding hydrogens is 334 g/mol. The summed E-state index contributed by atoms with van der Waals surface area (Å²) in [5.74, 6) is 0.0293. The number of rotatable bonds is 5. The number of fused-ring (bicyclic) bond motifs is 1. The molecule has 1 aromatic heterocycles. The van der Waals surface area contributed by atoms with Crippen molar-refractivity contribution in [1.29, 1.82) is 0 Å². The van der Waals surface area contributed by atoms with E-state index in [1.807, 2.05) is 58.1 Å². The molecule has 1 amide bonds. The topological polar surface area (TPSA) is 38.1 Å². The van der Waals surface area contributed by atoms with E-state index in [0.717, 1.165) is 36.1 Å². The average Bonchev–Trinajstić information content (AvgIpc) is 3.29. The standard InChI is InChI=1S/C23H25N3O/c1-17(2)25(16-18-10-5-3-6-11-18)23(27)22-20-14-9-15-21(20)26(24-22)19-12-7-4-8-13-19/h3-8,10-13,17H,9,14-16H2,1-2H3. The van der Waals surface area contributed by atoms with Gasteiger partial charge in [0.05, 0.1) is 5.69 Å². The average molecular weight is 359 g/mol. The third-order valence-electron chi connectivity index (χ3n) is 5.21. The molecule has 0 saturated carbocycles. The van der Waals surface area contributed by atoms with Gasteiger partial charge in [0, 0.05) is 23.8 Å². The second-order valence-electron chi connectivity index (χ2n) is 7.39. The fraction of sp³-hybridized carbons (Fsp3) is 0.304. The maximum absolute atomic E-state index is 13.4. The van der Waals surface area contributed by atoms with Crippen LogP contribution in [0.25, 0.3) is 5.69 Å². The smallest absolute Gasteiger partial charge is 0.275 e. The van der Waals surface area contributed by atoms with Crippen molar-refractivity contribution in [2.75, 3.05) is 0 Å². The van der Waals surface area contributed by atoms with Crippen LogP contribution in [0.15, 0.2) is 60.7 Å². The Hall–Kier alpha value is -2.88. The van der Waals surface area contributed by atoms with Crippen LogP contribution in [-0.4, -0.2) is 26.6 Å². The zero-order chi connectivity index (χ0) is 18.8. The van der Waals surface area contributed by atoms with Crippen LogP contribution in [0.2, 0.25) is 0 Å². The monoisotopic (exact) mass is 359 g/mol. The summed E-state index contributed by atoms with van der Waals surface area (Å²) in [5.41, 5.74) is 5.10. The van der Waals surface area contributed by atoms with E-state index in [0.29, 0.717) is 12.2 Å². The van der Waals surface area contributed by atoms with Crippen molar-refractivity contribution < 1.29 is 4.79 Å². The maximum Gasteiger partial charge on any atom is 0.275 e. The van der Waals surface area contributed by atoms with Crippen molar-refractivity contribution in [2.24, 2.45) is 0 Å². The molecule has 3 aromatic rings. The predicted octanol–water partition coefficient (Wildman–Crippen LogP) is 4.41. The van der Waals surface area contributed by atoms with Crippen LogP contribution >= 0.6 is 0 Å². The van der Waals surface area contributed by atoms with Gasteiger partial charge in [-0.25, -0.2) is 4.68 Å². The molecule has 0 spiro atoms. The minimum Gasteiger partial charge on any atom is -0.330 e. The van der Waals surface area contributed by atoms with E-state index >= 15 is 0 Å². The molecule has 0 bridgehead atoms. The molecule has 4 rings (SSSR count). The summed E-state index contributed by atoms with van der Waals surface area (Å²) in [6.07, 6.45) is 2.99. The number of nitrogens with zero attached hydrogens (tertiary/aromatic N) is 3. The molecule has 1 aliphatic rings. The van der Waals surface area contributed by atoms with Crippen LogP contribution in [0.4, 0.5) is 0 Å². The normalized spacial score (nSPS) is 13.0. The number of aromatic nitrogens is 2. The van der Waals surface area contributed by atoms with Gasteiger partial charge in [-0.2, -0.15) is 5.10 Å². The molecular formula is C23H25N3O. The predicted molar refractivity (Wildman–Crippen MR) is 107 cm³/mol. The summed E-state index contributed by atoms with van der Waals surface area (Å²) >= 11 is 0. The van der Waals surface area contributed by atoms with Gasteiger partial charge in [0.25, 0.3) is 5.91 Å². The van der Waals surface area contributed by atoms with Gasteiger partial charge in [0.2, 0.25) is 0 Å². The lowest BCUT2D eigenvalue weighted by molar-refractivity contribution is 0.0682. The second-order valence-corrected chi connectivity index (χ2v) is 7.39. The third kappa shape index (κ3) is 3.39. The highest BCUT2D eigenvalue weighted by Gasteiger charge is 2.30. The van der Waals surface area contributed by atoms with Crippen LogP contribution in [0, 0.1) is 0 Å². The molecule has 1 heterocycles. The highest BCUT2D eigenvalue weighted by atomic mass is 16.2. The summed E-state index contributed by atoms with van der Waals surface area (Å²) in [5, 5.41) is 4.77. The van der Waals surface area contributed by atoms with Gasteiger partial charge in [-0.3, -0.25) is 4.79 Å². The Kier molecular flexibility index (Phi) is 4.80. The van der Waals surface area contributed by atoms with Gasteiger partial charge in [0.1, 0.15) is 0 Å². The van der Waals surface area contributed by atoms with Gasteiger partial charge in [-0.05, 0) is 50.8 Å². The van der Waals surface area contributed by atoms with Crippen molar-refractivity contribution >= 4 is 5.91 Å². The van der Waals surface area contributed by atoms with E-state index in [-0.39, 0.29) is 11.9 Å². The van der Waals surface area contributed by atoms with Gasteiger partial charge < -0.3 is 4.90 Å². The van der Waals surface area contributed by atoms with Crippen molar-refractivity contribution in [1.82, 2.24) is 14.7 Å². The molecule has 4 heteroatoms. The zero-order valence-electron chi connectivity index (χ0n) is 15.9. The number of hydrogen-bond donors (Lipinski definition) is 0. The quantitative estimate of drug-likeness (QED) is 0.677. The maximum atomic E-state index is 13.4. The number of hydrogen-bond acceptors (Lipinski definition) is 2.